The van der Waals surface area contributed by atoms with Gasteiger partial charge < -0.3 is 19.9 Å². The van der Waals surface area contributed by atoms with Gasteiger partial charge in [0.15, 0.2) is 6.04 Å². The normalized spacial score (nSPS) is 22.6. The Morgan fingerprint density at radius 3 is 2.39 bits per heavy atom. The van der Waals surface area contributed by atoms with Gasteiger partial charge in [0.1, 0.15) is 45.1 Å². The Kier molecular flexibility index (Phi) is 6.86. The fourth-order valence-corrected chi connectivity index (χ4v) is 3.03. The molecule has 1 saturated heterocycles. The molecular weight excluding hydrogens is 290 g/mol. The molecule has 1 atom stereocenters. The first-order chi connectivity index (χ1) is 11.1. The van der Waals surface area contributed by atoms with Crippen molar-refractivity contribution < 1.29 is 19.3 Å². The van der Waals surface area contributed by atoms with Crippen LogP contribution >= 0.6 is 0 Å². The van der Waals surface area contributed by atoms with Crippen molar-refractivity contribution in [3.05, 3.63) is 30.3 Å². The molecule has 5 heteroatoms. The van der Waals surface area contributed by atoms with E-state index in [1.54, 1.807) is 4.90 Å². The summed E-state index contributed by atoms with van der Waals surface area (Å²) in [6.07, 6.45) is 0. The third-order valence-electron chi connectivity index (χ3n) is 4.50. The van der Waals surface area contributed by atoms with Gasteiger partial charge in [0.2, 0.25) is 0 Å². The fourth-order valence-electron chi connectivity index (χ4n) is 3.03. The minimum Gasteiger partial charge on any atom is -0.488 e. The first-order valence-corrected chi connectivity index (χ1v) is 8.72. The molecule has 23 heavy (non-hydrogen) atoms. The van der Waals surface area contributed by atoms with Gasteiger partial charge in [-0.3, -0.25) is 4.79 Å². The zero-order chi connectivity index (χ0) is 16.7. The molecule has 0 saturated carbocycles. The summed E-state index contributed by atoms with van der Waals surface area (Å²) in [5.74, 6) is 1.11. The number of nitrogens with one attached hydrogen (secondary N) is 3. The molecule has 5 nitrogen and oxygen atoms in total. The van der Waals surface area contributed by atoms with Crippen LogP contribution in [-0.4, -0.2) is 57.3 Å². The number of hydrogen-bond donors (Lipinski definition) is 3. The molecule has 0 bridgehead atoms. The van der Waals surface area contributed by atoms with Crippen LogP contribution in [0.15, 0.2) is 30.3 Å². The monoisotopic (exact) mass is 321 g/mol. The molecule has 1 aromatic rings. The summed E-state index contributed by atoms with van der Waals surface area (Å²) >= 11 is 0. The summed E-state index contributed by atoms with van der Waals surface area (Å²) in [5, 5.41) is 3.02. The molecule has 0 aromatic heterocycles. The number of carbonyl (C=O) groups excluding carboxylic acids is 1. The highest BCUT2D eigenvalue weighted by atomic mass is 16.5. The maximum absolute atomic E-state index is 12.1. The molecule has 1 fully saturated rings. The number of quaternary nitrogens is 2. The second-order valence-electron chi connectivity index (χ2n) is 6.70. The van der Waals surface area contributed by atoms with Crippen LogP contribution in [0, 0.1) is 0 Å². The van der Waals surface area contributed by atoms with E-state index in [-0.39, 0.29) is 18.0 Å². The van der Waals surface area contributed by atoms with Gasteiger partial charge in [-0.25, -0.2) is 0 Å². The first-order valence-electron chi connectivity index (χ1n) is 8.72. The van der Waals surface area contributed by atoms with Gasteiger partial charge in [0, 0.05) is 6.04 Å². The molecule has 1 aliphatic heterocycles. The summed E-state index contributed by atoms with van der Waals surface area (Å²) < 4.78 is 5.77. The topological polar surface area (TPSA) is 47.2 Å². The second kappa shape index (κ2) is 8.89. The zero-order valence-electron chi connectivity index (χ0n) is 14.6. The van der Waals surface area contributed by atoms with Crippen molar-refractivity contribution in [3.63, 3.8) is 0 Å². The van der Waals surface area contributed by atoms with Crippen LogP contribution in [-0.2, 0) is 4.79 Å². The highest BCUT2D eigenvalue weighted by Gasteiger charge is 2.30. The third-order valence-corrected chi connectivity index (χ3v) is 4.50. The molecule has 1 aliphatic rings. The smallest absolute Gasteiger partial charge is 0.278 e. The van der Waals surface area contributed by atoms with Gasteiger partial charge >= 0.3 is 0 Å². The lowest BCUT2D eigenvalue weighted by Gasteiger charge is -2.32. The number of carbonyl (C=O) groups is 1. The molecule has 0 spiro atoms. The first kappa shape index (κ1) is 17.8. The van der Waals surface area contributed by atoms with Crippen LogP contribution in [0.3, 0.4) is 0 Å². The van der Waals surface area contributed by atoms with Crippen molar-refractivity contribution in [3.8, 4) is 5.75 Å². The quantitative estimate of drug-likeness (QED) is 0.588. The van der Waals surface area contributed by atoms with E-state index in [1.807, 2.05) is 51.1 Å². The van der Waals surface area contributed by atoms with Crippen LogP contribution in [0.5, 0.6) is 5.75 Å². The van der Waals surface area contributed by atoms with Crippen LogP contribution in [0.25, 0.3) is 0 Å². The van der Waals surface area contributed by atoms with Gasteiger partial charge in [0.05, 0.1) is 0 Å². The minimum atomic E-state index is 0.0412. The molecule has 128 valence electrons. The molecule has 1 aromatic carbocycles. The maximum atomic E-state index is 12.1. The SMILES string of the molecule is CC(C)NC(=O)[C@@H](C)[NH+]1CC[NH+](CCOc2ccccc2)CC1. The van der Waals surface area contributed by atoms with Crippen LogP contribution in [0.4, 0.5) is 0 Å². The number of ether oxygens (including phenoxy) is 1. The number of hydrogen-bond acceptors (Lipinski definition) is 2. The number of rotatable bonds is 7. The predicted molar refractivity (Wildman–Crippen MR) is 90.9 cm³/mol. The average molecular weight is 321 g/mol. The van der Waals surface area contributed by atoms with Crippen molar-refractivity contribution in [1.29, 1.82) is 0 Å². The van der Waals surface area contributed by atoms with E-state index >= 15 is 0 Å². The Hall–Kier alpha value is -1.59. The average Bonchev–Trinajstić information content (AvgIpc) is 2.55. The number of amides is 1. The molecule has 0 aliphatic carbocycles. The van der Waals surface area contributed by atoms with Crippen molar-refractivity contribution in [2.75, 3.05) is 39.3 Å². The van der Waals surface area contributed by atoms with Crippen LogP contribution in [0.2, 0.25) is 0 Å². The van der Waals surface area contributed by atoms with E-state index in [4.69, 9.17) is 4.74 Å². The minimum absolute atomic E-state index is 0.0412. The Labute approximate surface area is 139 Å². The predicted octanol–water partition coefficient (Wildman–Crippen LogP) is -1.24. The van der Waals surface area contributed by atoms with E-state index in [1.165, 1.54) is 4.90 Å². The molecule has 2 rings (SSSR count). The number of benzene rings is 1. The van der Waals surface area contributed by atoms with Crippen molar-refractivity contribution >= 4 is 5.91 Å². The molecule has 1 heterocycles. The largest absolute Gasteiger partial charge is 0.488 e. The Balaban J connectivity index is 1.66. The standard InChI is InChI=1S/C18H29N3O2/c1-15(2)19-18(22)16(3)21-11-9-20(10-12-21)13-14-23-17-7-5-4-6-8-17/h4-8,15-16H,9-14H2,1-3H3,(H,19,22)/p+2/t16-/m1/s1. The zero-order valence-corrected chi connectivity index (χ0v) is 14.6. The van der Waals surface area contributed by atoms with Crippen molar-refractivity contribution in [2.45, 2.75) is 32.9 Å². The van der Waals surface area contributed by atoms with Crippen molar-refractivity contribution in [2.24, 2.45) is 0 Å². The summed E-state index contributed by atoms with van der Waals surface area (Å²) in [5.41, 5.74) is 0. The number of para-hydroxylation sites is 1. The fraction of sp³-hybridized carbons (Fsp3) is 0.611. The van der Waals surface area contributed by atoms with Crippen LogP contribution in [0.1, 0.15) is 20.8 Å². The van der Waals surface area contributed by atoms with Gasteiger partial charge in [-0.2, -0.15) is 0 Å². The molecule has 3 N–H and O–H groups in total. The molecule has 0 radical (unpaired) electrons. The highest BCUT2D eigenvalue weighted by Crippen LogP contribution is 2.06. The molecule has 1 amide bonds. The number of piperazine rings is 1. The highest BCUT2D eigenvalue weighted by molar-refractivity contribution is 5.80. The lowest BCUT2D eigenvalue weighted by atomic mass is 10.2. The molecular formula is C18H31N3O2+2. The maximum Gasteiger partial charge on any atom is 0.278 e. The van der Waals surface area contributed by atoms with Gasteiger partial charge in [-0.15, -0.1) is 0 Å². The lowest BCUT2D eigenvalue weighted by Crippen LogP contribution is -3.30. The summed E-state index contributed by atoms with van der Waals surface area (Å²) in [7, 11) is 0. The van der Waals surface area contributed by atoms with Gasteiger partial charge in [-0.1, -0.05) is 18.2 Å². The van der Waals surface area contributed by atoms with E-state index in [0.29, 0.717) is 0 Å². The van der Waals surface area contributed by atoms with Gasteiger partial charge in [0.25, 0.3) is 5.91 Å². The third kappa shape index (κ3) is 5.84. The van der Waals surface area contributed by atoms with E-state index in [9.17, 15) is 4.79 Å². The van der Waals surface area contributed by atoms with Crippen LogP contribution < -0.4 is 19.9 Å². The summed E-state index contributed by atoms with van der Waals surface area (Å²) in [6, 6.07) is 10.2. The van der Waals surface area contributed by atoms with E-state index in [0.717, 1.165) is 45.1 Å². The summed E-state index contributed by atoms with van der Waals surface area (Å²) in [4.78, 5) is 15.1. The van der Waals surface area contributed by atoms with Crippen molar-refractivity contribution in [1.82, 2.24) is 5.32 Å². The van der Waals surface area contributed by atoms with E-state index < -0.39 is 0 Å². The molecule has 0 unspecified atom stereocenters. The van der Waals surface area contributed by atoms with E-state index in [2.05, 4.69) is 5.32 Å². The Morgan fingerprint density at radius 1 is 1.13 bits per heavy atom. The Bertz CT molecular complexity index is 470. The summed E-state index contributed by atoms with van der Waals surface area (Å²) in [6.45, 7) is 12.1. The lowest BCUT2D eigenvalue weighted by molar-refractivity contribution is -1.02. The second-order valence-corrected chi connectivity index (χ2v) is 6.70. The van der Waals surface area contributed by atoms with Gasteiger partial charge in [-0.05, 0) is 32.9 Å². The Morgan fingerprint density at radius 2 is 1.78 bits per heavy atom.